The van der Waals surface area contributed by atoms with Gasteiger partial charge >= 0.3 is 11.9 Å². The van der Waals surface area contributed by atoms with Crippen molar-refractivity contribution in [2.75, 3.05) is 14.1 Å². The van der Waals surface area contributed by atoms with Crippen LogP contribution in [-0.4, -0.2) is 50.7 Å². The number of aliphatic hydroxyl groups is 1. The lowest BCUT2D eigenvalue weighted by atomic mass is 9.85. The maximum atomic E-state index is 13.6. The second kappa shape index (κ2) is 7.89. The number of hydrogen-bond acceptors (Lipinski definition) is 9. The van der Waals surface area contributed by atoms with Gasteiger partial charge in [0.2, 0.25) is 0 Å². The van der Waals surface area contributed by atoms with Crippen LogP contribution in [0.25, 0.3) is 22.3 Å². The third-order valence-corrected chi connectivity index (χ3v) is 6.55. The zero-order valence-electron chi connectivity index (χ0n) is 19.8. The highest BCUT2D eigenvalue weighted by Crippen LogP contribution is 2.43. The van der Waals surface area contributed by atoms with E-state index < -0.39 is 29.4 Å². The van der Waals surface area contributed by atoms with Crippen LogP contribution in [0.4, 0.5) is 0 Å². The average molecular weight is 479 g/mol. The van der Waals surface area contributed by atoms with Crippen LogP contribution in [0.1, 0.15) is 48.8 Å². The molecular formula is C25H25N3O7. The minimum atomic E-state index is -2.07. The summed E-state index contributed by atoms with van der Waals surface area (Å²) < 4.78 is 11.7. The first-order chi connectivity index (χ1) is 16.5. The molecule has 4 heterocycles. The van der Waals surface area contributed by atoms with Crippen LogP contribution in [0, 0.1) is 0 Å². The fourth-order valence-corrected chi connectivity index (χ4v) is 4.82. The normalized spacial score (nSPS) is 20.4. The lowest BCUT2D eigenvalue weighted by Crippen LogP contribution is -2.46. The van der Waals surface area contributed by atoms with Crippen molar-refractivity contribution in [1.82, 2.24) is 14.5 Å². The van der Waals surface area contributed by atoms with Crippen LogP contribution >= 0.6 is 0 Å². The Balaban J connectivity index is 1.72. The quantitative estimate of drug-likeness (QED) is 0.421. The molecule has 10 heteroatoms. The predicted octanol–water partition coefficient (Wildman–Crippen LogP) is 1.91. The van der Waals surface area contributed by atoms with Crippen molar-refractivity contribution in [3.8, 4) is 17.1 Å². The molecule has 2 atom stereocenters. The first-order valence-electron chi connectivity index (χ1n) is 11.2. The molecule has 2 aromatic heterocycles. The number of hydrogen-bond donors (Lipinski definition) is 2. The molecule has 1 aromatic carbocycles. The summed E-state index contributed by atoms with van der Waals surface area (Å²) in [6.07, 6.45) is -1.60. The molecule has 0 bridgehead atoms. The standard InChI is InChI=1S/C25H25N3O7/c1-5-25(33)16-9-18-20-14(8-15-17(26-20)7-6-13(21(15)30)10-27(3)4)11-28(18)22(31)19(16)23(34-12(2)29)35-24(25)32/h6-9,23,30,33H,5,10-11H2,1-4H3/t23-,25-/m0/s1. The highest BCUT2D eigenvalue weighted by atomic mass is 16.7. The van der Waals surface area contributed by atoms with Gasteiger partial charge in [0.15, 0.2) is 5.60 Å². The zero-order valence-corrected chi connectivity index (χ0v) is 19.8. The smallest absolute Gasteiger partial charge is 0.346 e. The van der Waals surface area contributed by atoms with E-state index in [1.807, 2.05) is 31.1 Å². The van der Waals surface area contributed by atoms with E-state index in [4.69, 9.17) is 14.5 Å². The average Bonchev–Trinajstić information content (AvgIpc) is 3.15. The molecule has 0 amide bonds. The number of carbonyl (C=O) groups excluding carboxylic acids is 2. The summed E-state index contributed by atoms with van der Waals surface area (Å²) in [6, 6.07) is 6.96. The van der Waals surface area contributed by atoms with Gasteiger partial charge in [0.25, 0.3) is 11.8 Å². The van der Waals surface area contributed by atoms with Crippen LogP contribution < -0.4 is 5.56 Å². The fraction of sp³-hybridized carbons (Fsp3) is 0.360. The number of nitrogens with zero attached hydrogens (tertiary/aromatic N) is 3. The van der Waals surface area contributed by atoms with Crippen molar-refractivity contribution < 1.29 is 29.3 Å². The second-order valence-corrected chi connectivity index (χ2v) is 9.18. The van der Waals surface area contributed by atoms with Gasteiger partial charge in [-0.1, -0.05) is 13.0 Å². The summed E-state index contributed by atoms with van der Waals surface area (Å²) in [7, 11) is 3.81. The van der Waals surface area contributed by atoms with Crippen molar-refractivity contribution >= 4 is 22.8 Å². The Kier molecular flexibility index (Phi) is 5.19. The van der Waals surface area contributed by atoms with Gasteiger partial charge < -0.3 is 29.2 Å². The summed E-state index contributed by atoms with van der Waals surface area (Å²) in [4.78, 5) is 44.5. The van der Waals surface area contributed by atoms with Gasteiger partial charge in [-0.2, -0.15) is 0 Å². The molecule has 0 fully saturated rings. The van der Waals surface area contributed by atoms with Gasteiger partial charge in [0.05, 0.1) is 23.4 Å². The van der Waals surface area contributed by atoms with Crippen LogP contribution in [0.2, 0.25) is 0 Å². The molecule has 0 saturated heterocycles. The lowest BCUT2D eigenvalue weighted by molar-refractivity contribution is -0.210. The third-order valence-electron chi connectivity index (χ3n) is 6.55. The van der Waals surface area contributed by atoms with E-state index in [-0.39, 0.29) is 29.8 Å². The molecule has 0 radical (unpaired) electrons. The van der Waals surface area contributed by atoms with Gasteiger partial charge in [0, 0.05) is 35.5 Å². The Hall–Kier alpha value is -3.76. The summed E-state index contributed by atoms with van der Waals surface area (Å²) >= 11 is 0. The highest BCUT2D eigenvalue weighted by molar-refractivity contribution is 5.90. The second-order valence-electron chi connectivity index (χ2n) is 9.18. The van der Waals surface area contributed by atoms with Crippen molar-refractivity contribution in [3.05, 3.63) is 56.9 Å². The Morgan fingerprint density at radius 1 is 1.31 bits per heavy atom. The van der Waals surface area contributed by atoms with E-state index in [2.05, 4.69) is 0 Å². The van der Waals surface area contributed by atoms with Gasteiger partial charge in [-0.25, -0.2) is 9.78 Å². The number of phenolic OH excluding ortho intramolecular Hbond substituents is 1. The van der Waals surface area contributed by atoms with Crippen LogP contribution in [0.3, 0.4) is 0 Å². The fourth-order valence-electron chi connectivity index (χ4n) is 4.82. The Bertz CT molecular complexity index is 1480. The van der Waals surface area contributed by atoms with E-state index in [0.29, 0.717) is 34.4 Å². The number of benzene rings is 1. The first kappa shape index (κ1) is 23.0. The summed E-state index contributed by atoms with van der Waals surface area (Å²) in [5.41, 5.74) is 0.252. The molecule has 182 valence electrons. The summed E-state index contributed by atoms with van der Waals surface area (Å²) in [6.45, 7) is 3.44. The Morgan fingerprint density at radius 2 is 2.06 bits per heavy atom. The molecule has 2 aliphatic heterocycles. The van der Waals surface area contributed by atoms with Crippen molar-refractivity contribution in [2.24, 2.45) is 0 Å². The number of rotatable bonds is 4. The number of aromatic nitrogens is 2. The molecule has 0 spiro atoms. The van der Waals surface area contributed by atoms with Crippen LogP contribution in [-0.2, 0) is 37.8 Å². The van der Waals surface area contributed by atoms with E-state index in [9.17, 15) is 24.6 Å². The monoisotopic (exact) mass is 479 g/mol. The van der Waals surface area contributed by atoms with E-state index in [1.54, 1.807) is 19.1 Å². The third kappa shape index (κ3) is 3.40. The largest absolute Gasteiger partial charge is 0.507 e. The topological polar surface area (TPSA) is 131 Å². The Labute approximate surface area is 200 Å². The molecule has 0 aliphatic carbocycles. The molecule has 0 unspecified atom stereocenters. The highest BCUT2D eigenvalue weighted by Gasteiger charge is 2.50. The number of cyclic esters (lactones) is 1. The lowest BCUT2D eigenvalue weighted by Gasteiger charge is -2.35. The van der Waals surface area contributed by atoms with Gasteiger partial charge in [-0.05, 0) is 38.7 Å². The van der Waals surface area contributed by atoms with Crippen LogP contribution in [0.15, 0.2) is 29.1 Å². The molecule has 0 saturated carbocycles. The van der Waals surface area contributed by atoms with Gasteiger partial charge in [-0.15, -0.1) is 0 Å². The van der Waals surface area contributed by atoms with Crippen molar-refractivity contribution in [2.45, 2.75) is 45.2 Å². The molecule has 10 nitrogen and oxygen atoms in total. The van der Waals surface area contributed by atoms with Crippen molar-refractivity contribution in [1.29, 1.82) is 0 Å². The predicted molar refractivity (Wildman–Crippen MR) is 124 cm³/mol. The molecule has 2 aliphatic rings. The minimum absolute atomic E-state index is 0.0395. The Morgan fingerprint density at radius 3 is 2.71 bits per heavy atom. The van der Waals surface area contributed by atoms with E-state index in [1.165, 1.54) is 4.57 Å². The number of carbonyl (C=O) groups is 2. The molecule has 35 heavy (non-hydrogen) atoms. The number of pyridine rings is 2. The number of esters is 2. The maximum Gasteiger partial charge on any atom is 0.346 e. The zero-order chi connectivity index (χ0) is 25.2. The molecule has 5 rings (SSSR count). The number of fused-ring (bicyclic) bond motifs is 5. The number of phenols is 1. The molecule has 2 N–H and O–H groups in total. The number of aromatic hydroxyl groups is 1. The van der Waals surface area contributed by atoms with Gasteiger partial charge in [0.1, 0.15) is 11.3 Å². The van der Waals surface area contributed by atoms with Gasteiger partial charge in [-0.3, -0.25) is 9.59 Å². The summed E-state index contributed by atoms with van der Waals surface area (Å²) in [5.74, 6) is -1.60. The van der Waals surface area contributed by atoms with Crippen LogP contribution in [0.5, 0.6) is 5.75 Å². The van der Waals surface area contributed by atoms with Crippen molar-refractivity contribution in [3.63, 3.8) is 0 Å². The van der Waals surface area contributed by atoms with E-state index >= 15 is 0 Å². The number of ether oxygens (including phenoxy) is 2. The molecule has 3 aromatic rings. The first-order valence-corrected chi connectivity index (χ1v) is 11.2. The summed E-state index contributed by atoms with van der Waals surface area (Å²) in [5, 5.41) is 22.6. The molecular weight excluding hydrogens is 454 g/mol. The maximum absolute atomic E-state index is 13.6. The van der Waals surface area contributed by atoms with E-state index in [0.717, 1.165) is 12.5 Å². The SMILES string of the molecule is CC[C@@]1(O)C(=O)O[C@H](OC(C)=O)c2c1cc1n(c2=O)Cc2cc3c(O)c(CN(C)C)ccc3nc2-1. The minimum Gasteiger partial charge on any atom is -0.507 e.